The molecule has 0 amide bonds. The quantitative estimate of drug-likeness (QED) is 0.471. The predicted octanol–water partition coefficient (Wildman–Crippen LogP) is 3.61. The van der Waals surface area contributed by atoms with Crippen LogP contribution in [0.15, 0.2) is 60.1 Å². The van der Waals surface area contributed by atoms with Crippen molar-refractivity contribution in [2.75, 3.05) is 26.1 Å². The van der Waals surface area contributed by atoms with Crippen molar-refractivity contribution in [1.29, 1.82) is 0 Å². The summed E-state index contributed by atoms with van der Waals surface area (Å²) in [6.07, 6.45) is 4.87. The maximum atomic E-state index is 14.4. The minimum absolute atomic E-state index is 0.323. The Hall–Kier alpha value is -3.55. The second-order valence-electron chi connectivity index (χ2n) is 6.15. The number of ether oxygens (including phenoxy) is 2. The van der Waals surface area contributed by atoms with E-state index in [-0.39, 0.29) is 5.82 Å². The lowest BCUT2D eigenvalue weighted by Gasteiger charge is -2.14. The molecule has 0 radical (unpaired) electrons. The average molecular weight is 397 g/mol. The van der Waals surface area contributed by atoms with Gasteiger partial charge >= 0.3 is 0 Å². The van der Waals surface area contributed by atoms with Gasteiger partial charge in [0.25, 0.3) is 0 Å². The summed E-state index contributed by atoms with van der Waals surface area (Å²) in [7, 11) is 3.18. The lowest BCUT2D eigenvalue weighted by atomic mass is 10.2. The molecule has 152 valence electrons. The van der Waals surface area contributed by atoms with Crippen LogP contribution in [0.3, 0.4) is 0 Å². The van der Waals surface area contributed by atoms with Crippen molar-refractivity contribution < 1.29 is 13.9 Å². The van der Waals surface area contributed by atoms with Crippen LogP contribution in [0.4, 0.5) is 10.1 Å². The second kappa shape index (κ2) is 9.59. The van der Waals surface area contributed by atoms with E-state index in [0.29, 0.717) is 36.2 Å². The number of methoxy groups -OCH3 is 2. The highest BCUT2D eigenvalue weighted by Gasteiger charge is 2.08. The molecule has 1 heterocycles. The Kier molecular flexibility index (Phi) is 6.67. The number of aliphatic imine (C=N–C) groups is 1. The predicted molar refractivity (Wildman–Crippen MR) is 112 cm³/mol. The molecule has 0 fully saturated rings. The number of imidazole rings is 1. The van der Waals surface area contributed by atoms with E-state index in [1.54, 1.807) is 43.6 Å². The van der Waals surface area contributed by atoms with E-state index in [1.165, 1.54) is 6.07 Å². The number of nitrogens with one attached hydrogen (secondary N) is 2. The maximum Gasteiger partial charge on any atom is 0.196 e. The summed E-state index contributed by atoms with van der Waals surface area (Å²) in [6, 6.07) is 10.6. The van der Waals surface area contributed by atoms with Crippen LogP contribution in [0.2, 0.25) is 0 Å². The van der Waals surface area contributed by atoms with Crippen LogP contribution in [0.25, 0.3) is 5.69 Å². The molecule has 3 rings (SSSR count). The van der Waals surface area contributed by atoms with E-state index in [2.05, 4.69) is 20.6 Å². The first-order valence-electron chi connectivity index (χ1n) is 9.18. The van der Waals surface area contributed by atoms with E-state index in [4.69, 9.17) is 9.47 Å². The van der Waals surface area contributed by atoms with Crippen LogP contribution in [-0.4, -0.2) is 36.3 Å². The lowest BCUT2D eigenvalue weighted by Crippen LogP contribution is -2.30. The molecule has 0 spiro atoms. The standard InChI is InChI=1S/C21H24FN5O2/c1-4-24-21(26-16-6-8-19(28-2)20(12-16)29-3)25-13-15-5-7-18(17(22)11-15)27-10-9-23-14-27/h5-12,14H,4,13H2,1-3H3,(H2,24,25,26). The molecular formula is C21H24FN5O2. The van der Waals surface area contributed by atoms with Crippen LogP contribution >= 0.6 is 0 Å². The Labute approximate surface area is 169 Å². The monoisotopic (exact) mass is 397 g/mol. The molecule has 0 aliphatic carbocycles. The van der Waals surface area contributed by atoms with E-state index in [9.17, 15) is 4.39 Å². The van der Waals surface area contributed by atoms with Gasteiger partial charge in [0.2, 0.25) is 0 Å². The van der Waals surface area contributed by atoms with Gasteiger partial charge in [0.05, 0.1) is 32.8 Å². The number of benzene rings is 2. The Morgan fingerprint density at radius 2 is 1.97 bits per heavy atom. The fourth-order valence-corrected chi connectivity index (χ4v) is 2.79. The maximum absolute atomic E-state index is 14.4. The van der Waals surface area contributed by atoms with Crippen molar-refractivity contribution in [2.45, 2.75) is 13.5 Å². The molecular weight excluding hydrogens is 373 g/mol. The fourth-order valence-electron chi connectivity index (χ4n) is 2.79. The van der Waals surface area contributed by atoms with Gasteiger partial charge < -0.3 is 24.7 Å². The van der Waals surface area contributed by atoms with Gasteiger partial charge in [0.15, 0.2) is 17.5 Å². The highest BCUT2D eigenvalue weighted by Crippen LogP contribution is 2.29. The molecule has 2 aromatic carbocycles. The summed E-state index contributed by atoms with van der Waals surface area (Å²) in [5.74, 6) is 1.52. The zero-order chi connectivity index (χ0) is 20.6. The van der Waals surface area contributed by atoms with Crippen LogP contribution in [0.5, 0.6) is 11.5 Å². The minimum Gasteiger partial charge on any atom is -0.493 e. The highest BCUT2D eigenvalue weighted by atomic mass is 19.1. The Morgan fingerprint density at radius 3 is 2.62 bits per heavy atom. The molecule has 0 aliphatic rings. The van der Waals surface area contributed by atoms with Crippen molar-refractivity contribution in [2.24, 2.45) is 4.99 Å². The molecule has 29 heavy (non-hydrogen) atoms. The Balaban J connectivity index is 1.75. The van der Waals surface area contributed by atoms with Crippen LogP contribution in [0, 0.1) is 5.82 Å². The fraction of sp³-hybridized carbons (Fsp3) is 0.238. The van der Waals surface area contributed by atoms with Gasteiger partial charge in [-0.2, -0.15) is 0 Å². The van der Waals surface area contributed by atoms with Crippen LogP contribution in [0.1, 0.15) is 12.5 Å². The van der Waals surface area contributed by atoms with Gasteiger partial charge in [0.1, 0.15) is 5.82 Å². The summed E-state index contributed by atoms with van der Waals surface area (Å²) >= 11 is 0. The van der Waals surface area contributed by atoms with Crippen molar-refractivity contribution in [3.05, 3.63) is 66.5 Å². The van der Waals surface area contributed by atoms with Crippen LogP contribution in [-0.2, 0) is 6.54 Å². The van der Waals surface area contributed by atoms with Crippen molar-refractivity contribution in [3.8, 4) is 17.2 Å². The summed E-state index contributed by atoms with van der Waals surface area (Å²) < 4.78 is 26.6. The first-order chi connectivity index (χ1) is 14.1. The number of rotatable bonds is 7. The molecule has 7 nitrogen and oxygen atoms in total. The summed E-state index contributed by atoms with van der Waals surface area (Å²) in [5.41, 5.74) is 2.01. The third kappa shape index (κ3) is 5.04. The number of hydrogen-bond acceptors (Lipinski definition) is 4. The van der Waals surface area contributed by atoms with Gasteiger partial charge in [0, 0.05) is 30.7 Å². The average Bonchev–Trinajstić information content (AvgIpc) is 3.26. The molecule has 8 heteroatoms. The van der Waals surface area contributed by atoms with Crippen molar-refractivity contribution in [1.82, 2.24) is 14.9 Å². The number of halogens is 1. The van der Waals surface area contributed by atoms with Crippen molar-refractivity contribution >= 4 is 11.6 Å². The van der Waals surface area contributed by atoms with Gasteiger partial charge in [-0.1, -0.05) is 6.07 Å². The van der Waals surface area contributed by atoms with Gasteiger partial charge in [-0.15, -0.1) is 0 Å². The third-order valence-electron chi connectivity index (χ3n) is 4.20. The molecule has 0 bridgehead atoms. The van der Waals surface area contributed by atoms with Crippen LogP contribution < -0.4 is 20.1 Å². The third-order valence-corrected chi connectivity index (χ3v) is 4.20. The number of anilines is 1. The number of aromatic nitrogens is 2. The molecule has 0 saturated heterocycles. The SMILES string of the molecule is CCNC(=NCc1ccc(-n2ccnc2)c(F)c1)Nc1ccc(OC)c(OC)c1. The number of guanidine groups is 1. The highest BCUT2D eigenvalue weighted by molar-refractivity contribution is 5.93. The minimum atomic E-state index is -0.325. The van der Waals surface area contributed by atoms with E-state index in [0.717, 1.165) is 11.3 Å². The Morgan fingerprint density at radius 1 is 1.14 bits per heavy atom. The molecule has 0 saturated carbocycles. The summed E-state index contributed by atoms with van der Waals surface area (Å²) in [6.45, 7) is 2.99. The zero-order valence-corrected chi connectivity index (χ0v) is 16.6. The van der Waals surface area contributed by atoms with Gasteiger partial charge in [-0.05, 0) is 36.8 Å². The first-order valence-corrected chi connectivity index (χ1v) is 9.18. The molecule has 0 aliphatic heterocycles. The Bertz CT molecular complexity index is 973. The molecule has 1 aromatic heterocycles. The largest absolute Gasteiger partial charge is 0.493 e. The molecule has 2 N–H and O–H groups in total. The van der Waals surface area contributed by atoms with Crippen molar-refractivity contribution in [3.63, 3.8) is 0 Å². The van der Waals surface area contributed by atoms with E-state index < -0.39 is 0 Å². The number of hydrogen-bond donors (Lipinski definition) is 2. The lowest BCUT2D eigenvalue weighted by molar-refractivity contribution is 0.355. The molecule has 0 atom stereocenters. The number of nitrogens with zero attached hydrogens (tertiary/aromatic N) is 3. The summed E-state index contributed by atoms with van der Waals surface area (Å²) in [4.78, 5) is 8.49. The molecule has 0 unspecified atom stereocenters. The smallest absolute Gasteiger partial charge is 0.196 e. The second-order valence-corrected chi connectivity index (χ2v) is 6.15. The van der Waals surface area contributed by atoms with Gasteiger partial charge in [-0.3, -0.25) is 0 Å². The topological polar surface area (TPSA) is 72.7 Å². The van der Waals surface area contributed by atoms with Gasteiger partial charge in [-0.25, -0.2) is 14.4 Å². The van der Waals surface area contributed by atoms with E-state index in [1.807, 2.05) is 31.2 Å². The normalized spacial score (nSPS) is 11.2. The van der Waals surface area contributed by atoms with E-state index >= 15 is 0 Å². The first kappa shape index (κ1) is 20.2. The molecule has 3 aromatic rings. The summed E-state index contributed by atoms with van der Waals surface area (Å²) in [5, 5.41) is 6.40. The zero-order valence-electron chi connectivity index (χ0n) is 16.6.